The highest BCUT2D eigenvalue weighted by Crippen LogP contribution is 2.31. The number of hydrogen-bond donors (Lipinski definition) is 2. The molecule has 0 unspecified atom stereocenters. The number of guanidine groups is 1. The first kappa shape index (κ1) is 28.8. The minimum absolute atomic E-state index is 0.00191. The zero-order valence-corrected chi connectivity index (χ0v) is 21.0. The van der Waals surface area contributed by atoms with Gasteiger partial charge in [0.1, 0.15) is 0 Å². The second kappa shape index (κ2) is 14.8. The molecular weight excluding hydrogens is 449 g/mol. The summed E-state index contributed by atoms with van der Waals surface area (Å²) in [6, 6.07) is 2.61. The van der Waals surface area contributed by atoms with Crippen LogP contribution in [0.15, 0.2) is 0 Å². The highest BCUT2D eigenvalue weighted by Gasteiger charge is 2.44. The number of carbonyl (C=O) groups is 1. The zero-order chi connectivity index (χ0) is 25.0. The lowest BCUT2D eigenvalue weighted by atomic mass is 9.99. The summed E-state index contributed by atoms with van der Waals surface area (Å²) in [4.78, 5) is 11.9. The van der Waals surface area contributed by atoms with Gasteiger partial charge in [-0.05, 0) is 45.4 Å². The molecule has 0 spiro atoms. The Morgan fingerprint density at radius 1 is 0.941 bits per heavy atom. The van der Waals surface area contributed by atoms with E-state index in [9.17, 15) is 22.1 Å². The SMILES string of the molecule is CCCCCCCCCC(=O)OCCCC[C@H]1C[C@H]2CC[C@H]3C[C@@H](C)NC(=[N+]23)N1.F[B-](F)(F)F. The molecule has 3 rings (SSSR count). The summed E-state index contributed by atoms with van der Waals surface area (Å²) in [6.45, 7) is 5.13. The first-order valence-corrected chi connectivity index (χ1v) is 13.4. The molecule has 3 aliphatic heterocycles. The highest BCUT2D eigenvalue weighted by molar-refractivity contribution is 6.50. The van der Waals surface area contributed by atoms with Crippen molar-refractivity contribution in [2.75, 3.05) is 6.61 Å². The van der Waals surface area contributed by atoms with Gasteiger partial charge >= 0.3 is 19.2 Å². The largest absolute Gasteiger partial charge is 0.673 e. The molecule has 1 saturated heterocycles. The first-order valence-electron chi connectivity index (χ1n) is 13.4. The van der Waals surface area contributed by atoms with Crippen molar-refractivity contribution >= 4 is 19.2 Å². The van der Waals surface area contributed by atoms with Crippen molar-refractivity contribution in [1.82, 2.24) is 10.6 Å². The van der Waals surface area contributed by atoms with E-state index in [-0.39, 0.29) is 5.97 Å². The van der Waals surface area contributed by atoms with E-state index in [0.717, 1.165) is 37.8 Å². The van der Waals surface area contributed by atoms with Crippen LogP contribution in [0.25, 0.3) is 0 Å². The summed E-state index contributed by atoms with van der Waals surface area (Å²) < 4.78 is 47.1. The Kier molecular flexibility index (Phi) is 12.5. The average molecular weight is 493 g/mol. The third kappa shape index (κ3) is 11.3. The Morgan fingerprint density at radius 3 is 2.24 bits per heavy atom. The Bertz CT molecular complexity index is 642. The fourth-order valence-electron chi connectivity index (χ4n) is 5.43. The minimum atomic E-state index is -6.00. The van der Waals surface area contributed by atoms with Gasteiger partial charge in [-0.15, -0.1) is 0 Å². The second-order valence-corrected chi connectivity index (χ2v) is 10.1. The van der Waals surface area contributed by atoms with Crippen molar-refractivity contribution in [1.29, 1.82) is 0 Å². The van der Waals surface area contributed by atoms with E-state index in [1.807, 2.05) is 0 Å². The van der Waals surface area contributed by atoms with Crippen molar-refractivity contribution in [2.45, 2.75) is 134 Å². The number of rotatable bonds is 13. The molecule has 0 aromatic heterocycles. The van der Waals surface area contributed by atoms with Gasteiger partial charge in [0.15, 0.2) is 0 Å². The summed E-state index contributed by atoms with van der Waals surface area (Å²) in [5, 5.41) is 7.43. The molecule has 0 aliphatic carbocycles. The molecule has 5 nitrogen and oxygen atoms in total. The van der Waals surface area contributed by atoms with Crippen molar-refractivity contribution in [3.63, 3.8) is 0 Å². The van der Waals surface area contributed by atoms with E-state index < -0.39 is 7.25 Å². The molecular formula is C24H44BF4N3O2. The lowest BCUT2D eigenvalue weighted by molar-refractivity contribution is -0.593. The Morgan fingerprint density at radius 2 is 1.56 bits per heavy atom. The van der Waals surface area contributed by atoms with Crippen molar-refractivity contribution < 1.29 is 31.4 Å². The highest BCUT2D eigenvalue weighted by atomic mass is 19.5. The quantitative estimate of drug-likeness (QED) is 0.112. The number of hydrogen-bond acceptors (Lipinski definition) is 4. The van der Waals surface area contributed by atoms with Gasteiger partial charge in [0.05, 0.1) is 30.8 Å². The van der Waals surface area contributed by atoms with Gasteiger partial charge in [-0.25, -0.2) is 0 Å². The first-order chi connectivity index (χ1) is 16.2. The maximum Gasteiger partial charge on any atom is 0.673 e. The van der Waals surface area contributed by atoms with Gasteiger partial charge in [0.25, 0.3) is 0 Å². The van der Waals surface area contributed by atoms with Crippen LogP contribution in [0, 0.1) is 0 Å². The lowest BCUT2D eigenvalue weighted by Gasteiger charge is -2.35. The predicted octanol–water partition coefficient (Wildman–Crippen LogP) is 5.78. The van der Waals surface area contributed by atoms with Crippen LogP contribution in [0.2, 0.25) is 0 Å². The molecule has 2 N–H and O–H groups in total. The number of esters is 1. The number of nitrogens with one attached hydrogen (secondary N) is 2. The van der Waals surface area contributed by atoms with Crippen molar-refractivity contribution in [3.05, 3.63) is 0 Å². The molecule has 198 valence electrons. The van der Waals surface area contributed by atoms with Gasteiger partial charge in [0, 0.05) is 19.3 Å². The molecule has 0 bridgehead atoms. The summed E-state index contributed by atoms with van der Waals surface area (Å²) in [7, 11) is -6.00. The molecule has 4 atom stereocenters. The maximum atomic E-state index is 11.9. The molecule has 0 aromatic carbocycles. The van der Waals surface area contributed by atoms with E-state index in [1.54, 1.807) is 0 Å². The van der Waals surface area contributed by atoms with Gasteiger partial charge < -0.3 is 22.0 Å². The van der Waals surface area contributed by atoms with Gasteiger partial charge in [0.2, 0.25) is 0 Å². The van der Waals surface area contributed by atoms with E-state index in [0.29, 0.717) is 25.1 Å². The van der Waals surface area contributed by atoms with E-state index in [1.165, 1.54) is 70.2 Å². The number of unbranched alkanes of at least 4 members (excludes halogenated alkanes) is 7. The third-order valence-electron chi connectivity index (χ3n) is 6.98. The van der Waals surface area contributed by atoms with Crippen LogP contribution in [0.1, 0.15) is 110 Å². The molecule has 0 radical (unpaired) electrons. The molecule has 0 amide bonds. The molecule has 10 heteroatoms. The van der Waals surface area contributed by atoms with Gasteiger partial charge in [-0.3, -0.25) is 20.0 Å². The monoisotopic (exact) mass is 493 g/mol. The van der Waals surface area contributed by atoms with Crippen LogP contribution in [-0.2, 0) is 9.53 Å². The van der Waals surface area contributed by atoms with Crippen molar-refractivity contribution in [3.8, 4) is 0 Å². The Balaban J connectivity index is 0.000000739. The van der Waals surface area contributed by atoms with E-state index >= 15 is 0 Å². The third-order valence-corrected chi connectivity index (χ3v) is 6.98. The van der Waals surface area contributed by atoms with Crippen LogP contribution in [0.5, 0.6) is 0 Å². The topological polar surface area (TPSA) is 53.4 Å². The maximum absolute atomic E-state index is 11.9. The van der Waals surface area contributed by atoms with Crippen LogP contribution in [-0.4, -0.2) is 54.5 Å². The second-order valence-electron chi connectivity index (χ2n) is 10.1. The van der Waals surface area contributed by atoms with Gasteiger partial charge in [-0.1, -0.05) is 45.4 Å². The Labute approximate surface area is 202 Å². The molecule has 34 heavy (non-hydrogen) atoms. The summed E-state index contributed by atoms with van der Waals surface area (Å²) in [5.74, 6) is 1.28. The molecule has 0 aromatic rings. The number of halogens is 4. The van der Waals surface area contributed by atoms with Crippen molar-refractivity contribution in [2.24, 2.45) is 0 Å². The number of carbonyl (C=O) groups excluding carboxylic acids is 1. The summed E-state index contributed by atoms with van der Waals surface area (Å²) in [6.07, 6.45) is 17.8. The molecule has 3 heterocycles. The molecule has 1 fully saturated rings. The summed E-state index contributed by atoms with van der Waals surface area (Å²) in [5.41, 5.74) is 0. The number of nitrogens with zero attached hydrogens (tertiary/aromatic N) is 1. The van der Waals surface area contributed by atoms with E-state index in [4.69, 9.17) is 4.74 Å². The standard InChI is InChI=1S/C24H43N3O2.BF4/c1-3-4-5-6-7-8-9-13-23(28)29-16-11-10-12-20-18-22-15-14-21-17-19(2)25-24(26-20)27(21)22;2-1(3,4)5/h19-22H,3-18H2,1-2H3,(H,25,26);/q;-1/p+1/t19-,20+,21+,22-;/m1./s1. The smallest absolute Gasteiger partial charge is 0.466 e. The van der Waals surface area contributed by atoms with Crippen LogP contribution in [0.4, 0.5) is 17.3 Å². The fourth-order valence-corrected chi connectivity index (χ4v) is 5.43. The fraction of sp³-hybridized carbons (Fsp3) is 0.917. The Hall–Kier alpha value is -1.48. The molecule has 3 aliphatic rings. The van der Waals surface area contributed by atoms with Crippen LogP contribution >= 0.6 is 0 Å². The minimum Gasteiger partial charge on any atom is -0.466 e. The summed E-state index contributed by atoms with van der Waals surface area (Å²) >= 11 is 0. The average Bonchev–Trinajstić information content (AvgIpc) is 3.15. The predicted molar refractivity (Wildman–Crippen MR) is 128 cm³/mol. The van der Waals surface area contributed by atoms with Gasteiger partial charge in [-0.2, -0.15) is 0 Å². The molecule has 0 saturated carbocycles. The van der Waals surface area contributed by atoms with E-state index in [2.05, 4.69) is 29.1 Å². The zero-order valence-electron chi connectivity index (χ0n) is 21.0. The number of ether oxygens (including phenoxy) is 1. The lowest BCUT2D eigenvalue weighted by Crippen LogP contribution is -2.62. The van der Waals surface area contributed by atoms with Crippen LogP contribution in [0.3, 0.4) is 0 Å². The van der Waals surface area contributed by atoms with Crippen LogP contribution < -0.4 is 10.6 Å². The normalized spacial score (nSPS) is 25.6.